The van der Waals surface area contributed by atoms with Gasteiger partial charge in [-0.15, -0.1) is 0 Å². The second-order valence-electron chi connectivity index (χ2n) is 5.53. The molecule has 24 heavy (non-hydrogen) atoms. The average Bonchev–Trinajstić information content (AvgIpc) is 3.00. The van der Waals surface area contributed by atoms with Gasteiger partial charge in [-0.3, -0.25) is 14.3 Å². The van der Waals surface area contributed by atoms with Crippen molar-refractivity contribution in [1.29, 1.82) is 0 Å². The van der Waals surface area contributed by atoms with Crippen LogP contribution in [0.5, 0.6) is 0 Å². The summed E-state index contributed by atoms with van der Waals surface area (Å²) in [6.45, 7) is 0.196. The Hall–Kier alpha value is -1.49. The highest BCUT2D eigenvalue weighted by Crippen LogP contribution is 2.30. The Bertz CT molecular complexity index is 804. The Morgan fingerprint density at radius 3 is 2.79 bits per heavy atom. The summed E-state index contributed by atoms with van der Waals surface area (Å²) in [5, 5.41) is 9.51. The van der Waals surface area contributed by atoms with Gasteiger partial charge < -0.3 is 14.6 Å². The van der Waals surface area contributed by atoms with Gasteiger partial charge in [0.25, 0.3) is 5.56 Å². The maximum Gasteiger partial charge on any atom is 0.330 e. The third-order valence-corrected chi connectivity index (χ3v) is 4.67. The lowest BCUT2D eigenvalue weighted by molar-refractivity contribution is -0.0658. The van der Waals surface area contributed by atoms with Crippen molar-refractivity contribution in [2.45, 2.75) is 31.5 Å². The van der Waals surface area contributed by atoms with Crippen LogP contribution in [0.1, 0.15) is 18.2 Å². The SMILES string of the molecule is O=c1[nH]c(=O)n([C@H]2C[C@H](OCc3ccccc3)[C@@H](CO)O2)cc1I. The Kier molecular flexibility index (Phi) is 5.49. The number of ether oxygens (including phenoxy) is 2. The Balaban J connectivity index is 1.73. The summed E-state index contributed by atoms with van der Waals surface area (Å²) in [4.78, 5) is 25.7. The van der Waals surface area contributed by atoms with Crippen molar-refractivity contribution in [3.05, 3.63) is 66.5 Å². The first kappa shape index (κ1) is 17.3. The third-order valence-electron chi connectivity index (χ3n) is 3.90. The molecular formula is C16H17IN2O5. The summed E-state index contributed by atoms with van der Waals surface area (Å²) in [5.74, 6) is 0. The van der Waals surface area contributed by atoms with E-state index in [1.165, 1.54) is 10.8 Å². The van der Waals surface area contributed by atoms with Crippen LogP contribution in [0.4, 0.5) is 0 Å². The maximum absolute atomic E-state index is 12.0. The molecule has 1 saturated heterocycles. The lowest BCUT2D eigenvalue weighted by Crippen LogP contribution is -2.33. The van der Waals surface area contributed by atoms with Gasteiger partial charge in [-0.25, -0.2) is 4.79 Å². The Morgan fingerprint density at radius 2 is 2.08 bits per heavy atom. The summed E-state index contributed by atoms with van der Waals surface area (Å²) in [5.41, 5.74) is 0.0599. The lowest BCUT2D eigenvalue weighted by Gasteiger charge is -2.16. The van der Waals surface area contributed by atoms with Gasteiger partial charge in [0, 0.05) is 12.6 Å². The molecule has 0 spiro atoms. The molecule has 1 aliphatic heterocycles. The van der Waals surface area contributed by atoms with Crippen LogP contribution >= 0.6 is 22.6 Å². The van der Waals surface area contributed by atoms with Crippen LogP contribution in [-0.4, -0.2) is 33.5 Å². The molecule has 0 aliphatic carbocycles. The molecule has 3 atom stereocenters. The molecule has 2 heterocycles. The van der Waals surface area contributed by atoms with Gasteiger partial charge in [0.1, 0.15) is 12.3 Å². The number of benzene rings is 1. The van der Waals surface area contributed by atoms with E-state index in [2.05, 4.69) is 4.98 Å². The van der Waals surface area contributed by atoms with E-state index in [9.17, 15) is 14.7 Å². The summed E-state index contributed by atoms with van der Waals surface area (Å²) in [7, 11) is 0. The van der Waals surface area contributed by atoms with Crippen LogP contribution in [0.25, 0.3) is 0 Å². The van der Waals surface area contributed by atoms with E-state index < -0.39 is 23.6 Å². The normalized spacial score (nSPS) is 23.5. The molecule has 128 valence electrons. The third kappa shape index (κ3) is 3.77. The zero-order valence-electron chi connectivity index (χ0n) is 12.7. The minimum absolute atomic E-state index is 0.203. The summed E-state index contributed by atoms with van der Waals surface area (Å²) in [6, 6.07) is 9.70. The monoisotopic (exact) mass is 444 g/mol. The zero-order chi connectivity index (χ0) is 17.1. The first-order valence-corrected chi connectivity index (χ1v) is 8.59. The van der Waals surface area contributed by atoms with Gasteiger partial charge in [-0.2, -0.15) is 0 Å². The number of rotatable bonds is 5. The van der Waals surface area contributed by atoms with E-state index in [0.717, 1.165) is 5.56 Å². The molecule has 0 bridgehead atoms. The van der Waals surface area contributed by atoms with Gasteiger partial charge in [-0.05, 0) is 28.2 Å². The molecular weight excluding hydrogens is 427 g/mol. The van der Waals surface area contributed by atoms with E-state index in [4.69, 9.17) is 9.47 Å². The molecule has 8 heteroatoms. The summed E-state index contributed by atoms with van der Waals surface area (Å²) < 4.78 is 13.3. The number of aliphatic hydroxyl groups is 1. The van der Waals surface area contributed by atoms with Crippen LogP contribution in [0, 0.1) is 3.57 Å². The van der Waals surface area contributed by atoms with Gasteiger partial charge in [-0.1, -0.05) is 30.3 Å². The second-order valence-corrected chi connectivity index (χ2v) is 6.69. The molecule has 2 aromatic rings. The molecule has 0 radical (unpaired) electrons. The summed E-state index contributed by atoms with van der Waals surface area (Å²) >= 11 is 1.86. The highest BCUT2D eigenvalue weighted by molar-refractivity contribution is 14.1. The number of aliphatic hydroxyl groups excluding tert-OH is 1. The maximum atomic E-state index is 12.0. The van der Waals surface area contributed by atoms with E-state index in [-0.39, 0.29) is 12.7 Å². The lowest BCUT2D eigenvalue weighted by atomic mass is 10.1. The Labute approximate surface area is 151 Å². The van der Waals surface area contributed by atoms with Crippen LogP contribution in [0.2, 0.25) is 0 Å². The van der Waals surface area contributed by atoms with E-state index in [0.29, 0.717) is 16.6 Å². The largest absolute Gasteiger partial charge is 0.394 e. The van der Waals surface area contributed by atoms with Crippen molar-refractivity contribution >= 4 is 22.6 Å². The molecule has 3 rings (SSSR count). The quantitative estimate of drug-likeness (QED) is 0.672. The number of hydrogen-bond acceptors (Lipinski definition) is 5. The molecule has 7 nitrogen and oxygen atoms in total. The fraction of sp³-hybridized carbons (Fsp3) is 0.375. The number of halogens is 1. The molecule has 1 aliphatic rings. The fourth-order valence-electron chi connectivity index (χ4n) is 2.66. The summed E-state index contributed by atoms with van der Waals surface area (Å²) in [6.07, 6.45) is 0.438. The predicted octanol–water partition coefficient (Wildman–Crippen LogP) is 1.01. The number of nitrogens with zero attached hydrogens (tertiary/aromatic N) is 1. The van der Waals surface area contributed by atoms with Gasteiger partial charge >= 0.3 is 5.69 Å². The molecule has 0 amide bonds. The number of hydrogen-bond donors (Lipinski definition) is 2. The van der Waals surface area contributed by atoms with Crippen molar-refractivity contribution in [2.24, 2.45) is 0 Å². The number of nitrogens with one attached hydrogen (secondary N) is 1. The van der Waals surface area contributed by atoms with Crippen molar-refractivity contribution in [1.82, 2.24) is 9.55 Å². The van der Waals surface area contributed by atoms with Gasteiger partial charge in [0.05, 0.1) is 22.9 Å². The van der Waals surface area contributed by atoms with Crippen molar-refractivity contribution in [3.63, 3.8) is 0 Å². The highest BCUT2D eigenvalue weighted by atomic mass is 127. The average molecular weight is 444 g/mol. The molecule has 1 fully saturated rings. The Morgan fingerprint density at radius 1 is 1.33 bits per heavy atom. The molecule has 2 N–H and O–H groups in total. The minimum atomic E-state index is -0.583. The molecule has 1 aromatic heterocycles. The number of H-pyrrole nitrogens is 1. The van der Waals surface area contributed by atoms with Crippen LogP contribution in [-0.2, 0) is 16.1 Å². The topological polar surface area (TPSA) is 93.6 Å². The smallest absolute Gasteiger partial charge is 0.330 e. The fourth-order valence-corrected chi connectivity index (χ4v) is 3.10. The molecule has 0 saturated carbocycles. The predicted molar refractivity (Wildman–Crippen MR) is 94.7 cm³/mol. The molecule has 0 unspecified atom stereocenters. The standard InChI is InChI=1S/C16H17IN2O5/c17-11-7-19(16(22)18-15(11)21)14-6-12(13(8-20)24-14)23-9-10-4-2-1-3-5-10/h1-5,7,12-14,20H,6,8-9H2,(H,18,21,22)/t12-,13+,14+/m0/s1. The molecule has 1 aromatic carbocycles. The first-order valence-electron chi connectivity index (χ1n) is 7.51. The highest BCUT2D eigenvalue weighted by Gasteiger charge is 2.37. The first-order chi connectivity index (χ1) is 11.6. The van der Waals surface area contributed by atoms with Crippen molar-refractivity contribution in [2.75, 3.05) is 6.61 Å². The van der Waals surface area contributed by atoms with Gasteiger partial charge in [0.2, 0.25) is 0 Å². The van der Waals surface area contributed by atoms with Crippen LogP contribution in [0.3, 0.4) is 0 Å². The number of aromatic amines is 1. The van der Waals surface area contributed by atoms with E-state index in [1.54, 1.807) is 0 Å². The minimum Gasteiger partial charge on any atom is -0.394 e. The zero-order valence-corrected chi connectivity index (χ0v) is 14.9. The van der Waals surface area contributed by atoms with Crippen LogP contribution < -0.4 is 11.2 Å². The van der Waals surface area contributed by atoms with Crippen molar-refractivity contribution < 1.29 is 14.6 Å². The second kappa shape index (κ2) is 7.60. The van der Waals surface area contributed by atoms with E-state index in [1.807, 2.05) is 52.9 Å². The number of aromatic nitrogens is 2. The van der Waals surface area contributed by atoms with Crippen LogP contribution in [0.15, 0.2) is 46.1 Å². The van der Waals surface area contributed by atoms with E-state index >= 15 is 0 Å². The van der Waals surface area contributed by atoms with Crippen molar-refractivity contribution in [3.8, 4) is 0 Å². The van der Waals surface area contributed by atoms with Gasteiger partial charge in [0.15, 0.2) is 0 Å².